The first kappa shape index (κ1) is 41.8. The number of aliphatic hydroxyl groups is 1. The Hall–Kier alpha value is -2.00. The van der Waals surface area contributed by atoms with Crippen LogP contribution in [-0.2, 0) is 8.85 Å². The van der Waals surface area contributed by atoms with Gasteiger partial charge in [0.2, 0.25) is 22.4 Å². The van der Waals surface area contributed by atoms with E-state index in [2.05, 4.69) is 98.4 Å². The van der Waals surface area contributed by atoms with Gasteiger partial charge in [-0.15, -0.1) is 11.3 Å². The molecule has 0 spiro atoms. The minimum absolute atomic E-state index is 0.00134. The average Bonchev–Trinajstić information content (AvgIpc) is 3.70. The molecule has 4 atom stereocenters. The van der Waals surface area contributed by atoms with Crippen molar-refractivity contribution >= 4 is 51.2 Å². The van der Waals surface area contributed by atoms with E-state index in [9.17, 15) is 9.90 Å². The maximum atomic E-state index is 14.2. The number of thiophene rings is 1. The summed E-state index contributed by atoms with van der Waals surface area (Å²) in [7, 11) is -4.50. The van der Waals surface area contributed by atoms with Gasteiger partial charge in [-0.1, -0.05) is 101 Å². The third-order valence-corrected chi connectivity index (χ3v) is 24.7. The molecule has 0 saturated heterocycles. The van der Waals surface area contributed by atoms with E-state index in [1.54, 1.807) is 12.3 Å². The fourth-order valence-corrected chi connectivity index (χ4v) is 21.4. The van der Waals surface area contributed by atoms with E-state index in [4.69, 9.17) is 25.4 Å². The van der Waals surface area contributed by atoms with Gasteiger partial charge in [0.25, 0.3) is 0 Å². The summed E-state index contributed by atoms with van der Waals surface area (Å²) in [4.78, 5) is 28.3. The number of ketones is 1. The van der Waals surface area contributed by atoms with Crippen molar-refractivity contribution in [2.24, 2.45) is 5.92 Å². The summed E-state index contributed by atoms with van der Waals surface area (Å²) in [6.07, 6.45) is 4.03. The molecule has 8 nitrogen and oxygen atoms in total. The number of hydrogen-bond donors (Lipinski definition) is 2. The molecule has 3 aromatic heterocycles. The molecule has 282 valence electrons. The smallest absolute Gasteiger partial charge is 0.208 e. The maximum Gasteiger partial charge on any atom is 0.208 e. The molecule has 3 aromatic rings. The van der Waals surface area contributed by atoms with Crippen LogP contribution in [0.4, 0.5) is 5.82 Å². The van der Waals surface area contributed by atoms with Gasteiger partial charge in [-0.25, -0.2) is 15.0 Å². The predicted octanol–water partition coefficient (Wildman–Crippen LogP) is 10.8. The first-order valence-electron chi connectivity index (χ1n) is 18.8. The number of nitrogens with one attached hydrogen (secondary N) is 1. The van der Waals surface area contributed by atoms with Crippen molar-refractivity contribution in [3.05, 3.63) is 69.0 Å². The molecule has 1 aliphatic carbocycles. The minimum Gasteiger partial charge on any atom is -0.413 e. The fraction of sp³-hybridized carbons (Fsp3) is 0.641. The normalized spacial score (nSPS) is 19.3. The summed E-state index contributed by atoms with van der Waals surface area (Å²) in [6, 6.07) is 7.56. The molecule has 0 bridgehead atoms. The van der Waals surface area contributed by atoms with Crippen molar-refractivity contribution in [3.63, 3.8) is 0 Å². The quantitative estimate of drug-likeness (QED) is 0.0793. The van der Waals surface area contributed by atoms with Crippen LogP contribution < -0.4 is 5.32 Å². The van der Waals surface area contributed by atoms with E-state index in [1.807, 2.05) is 23.6 Å². The SMILES string of the molecule is CC(C)[Si](O[C@H](c1csc(C(=O)c2cncnc2N[C@@H]2C[C@H](CO)[C@@H](O[Si](C(C)C)(C(C)C)C(C)C)C2)c1)c1cccc(Cl)n1)(C(C)C)C(C)C. The van der Waals surface area contributed by atoms with Crippen molar-refractivity contribution in [1.82, 2.24) is 15.0 Å². The van der Waals surface area contributed by atoms with Gasteiger partial charge in [-0.05, 0) is 75.2 Å². The Kier molecular flexibility index (Phi) is 14.3. The summed E-state index contributed by atoms with van der Waals surface area (Å²) < 4.78 is 14.5. The Morgan fingerprint density at radius 2 is 1.55 bits per heavy atom. The van der Waals surface area contributed by atoms with E-state index in [0.29, 0.717) is 54.7 Å². The van der Waals surface area contributed by atoms with Crippen LogP contribution >= 0.6 is 22.9 Å². The van der Waals surface area contributed by atoms with Crippen molar-refractivity contribution < 1.29 is 18.8 Å². The Labute approximate surface area is 317 Å². The molecule has 0 aliphatic heterocycles. The van der Waals surface area contributed by atoms with Crippen LogP contribution in [0.3, 0.4) is 0 Å². The monoisotopic (exact) mass is 772 g/mol. The fourth-order valence-electron chi connectivity index (χ4n) is 9.24. The molecule has 12 heteroatoms. The zero-order valence-electron chi connectivity index (χ0n) is 32.7. The largest absolute Gasteiger partial charge is 0.413 e. The van der Waals surface area contributed by atoms with E-state index in [0.717, 1.165) is 24.1 Å². The van der Waals surface area contributed by atoms with Gasteiger partial charge in [-0.2, -0.15) is 0 Å². The second-order valence-corrected chi connectivity index (χ2v) is 28.4. The number of pyridine rings is 1. The first-order valence-corrected chi connectivity index (χ1v) is 24.3. The highest BCUT2D eigenvalue weighted by Crippen LogP contribution is 2.48. The van der Waals surface area contributed by atoms with Gasteiger partial charge in [0, 0.05) is 24.8 Å². The standard InChI is InChI=1S/C39H61ClN4O4SSi2/c1-23(2)50(24(3)4,25(5)6)47-34-18-31(16-29(34)20-45)43-39-32(19-41-22-42-39)37(46)35-17-30(21-49-35)38(33-14-13-15-36(40)44-33)48-51(26(7)8,27(9)10)28(11)12/h13-15,17,19,21-29,31,34,38,45H,16,18,20H2,1-12H3,(H,41,42,43)/t29-,31-,34+,38-/m1/s1. The van der Waals surface area contributed by atoms with Gasteiger partial charge in [0.1, 0.15) is 23.4 Å². The number of halogens is 1. The molecule has 0 unspecified atom stereocenters. The van der Waals surface area contributed by atoms with E-state index in [-0.39, 0.29) is 30.5 Å². The maximum absolute atomic E-state index is 14.2. The molecule has 4 rings (SSSR count). The zero-order valence-corrected chi connectivity index (χ0v) is 36.3. The molecule has 1 saturated carbocycles. The Morgan fingerprint density at radius 1 is 0.941 bits per heavy atom. The Balaban J connectivity index is 1.63. The van der Waals surface area contributed by atoms with Crippen molar-refractivity contribution in [2.45, 2.75) is 147 Å². The minimum atomic E-state index is -2.35. The van der Waals surface area contributed by atoms with Gasteiger partial charge in [0.15, 0.2) is 0 Å². The molecular formula is C39H61ClN4O4SSi2. The second-order valence-electron chi connectivity index (χ2n) is 16.3. The Morgan fingerprint density at radius 3 is 2.10 bits per heavy atom. The molecule has 0 radical (unpaired) electrons. The topological polar surface area (TPSA) is 106 Å². The van der Waals surface area contributed by atoms with Crippen LogP contribution in [0.25, 0.3) is 0 Å². The summed E-state index contributed by atoms with van der Waals surface area (Å²) in [6.45, 7) is 27.4. The number of hydrogen-bond acceptors (Lipinski definition) is 9. The summed E-state index contributed by atoms with van der Waals surface area (Å²) in [5, 5.41) is 16.4. The summed E-state index contributed by atoms with van der Waals surface area (Å²) in [5.74, 6) is 0.367. The second kappa shape index (κ2) is 17.4. The third kappa shape index (κ3) is 8.71. The first-order chi connectivity index (χ1) is 24.0. The van der Waals surface area contributed by atoms with Gasteiger partial charge in [-0.3, -0.25) is 4.79 Å². The Bertz CT molecular complexity index is 1560. The lowest BCUT2D eigenvalue weighted by molar-refractivity contribution is 0.0941. The molecule has 0 aromatic carbocycles. The highest BCUT2D eigenvalue weighted by molar-refractivity contribution is 7.12. The lowest BCUT2D eigenvalue weighted by Crippen LogP contribution is -2.51. The van der Waals surface area contributed by atoms with E-state index in [1.165, 1.54) is 17.7 Å². The highest BCUT2D eigenvalue weighted by atomic mass is 35.5. The number of nitrogens with zero attached hydrogens (tertiary/aromatic N) is 3. The third-order valence-electron chi connectivity index (χ3n) is 11.4. The predicted molar refractivity (Wildman–Crippen MR) is 216 cm³/mol. The van der Waals surface area contributed by atoms with Gasteiger partial charge < -0.3 is 19.3 Å². The van der Waals surface area contributed by atoms with Crippen LogP contribution in [0.2, 0.25) is 38.4 Å². The summed E-state index contributed by atoms with van der Waals surface area (Å²) >= 11 is 7.80. The van der Waals surface area contributed by atoms with Crippen molar-refractivity contribution in [2.75, 3.05) is 11.9 Å². The number of anilines is 1. The number of rotatable bonds is 17. The van der Waals surface area contributed by atoms with Crippen LogP contribution in [0.15, 0.2) is 42.2 Å². The van der Waals surface area contributed by atoms with Crippen LogP contribution in [0.1, 0.15) is 129 Å². The number of carbonyl (C=O) groups excluding carboxylic acids is 1. The van der Waals surface area contributed by atoms with Gasteiger partial charge >= 0.3 is 0 Å². The molecule has 1 aliphatic rings. The molecule has 51 heavy (non-hydrogen) atoms. The highest BCUT2D eigenvalue weighted by Gasteiger charge is 2.50. The molecule has 3 heterocycles. The van der Waals surface area contributed by atoms with Crippen molar-refractivity contribution in [3.8, 4) is 0 Å². The molecule has 1 fully saturated rings. The lowest BCUT2D eigenvalue weighted by Gasteiger charge is -2.45. The van der Waals surface area contributed by atoms with E-state index >= 15 is 0 Å². The molecular weight excluding hydrogens is 712 g/mol. The number of aliphatic hydroxyl groups excluding tert-OH is 1. The van der Waals surface area contributed by atoms with Gasteiger partial charge in [0.05, 0.1) is 22.2 Å². The van der Waals surface area contributed by atoms with Crippen LogP contribution in [-0.4, -0.2) is 61.2 Å². The zero-order chi connectivity index (χ0) is 37.8. The number of aromatic nitrogens is 3. The van der Waals surface area contributed by atoms with Crippen molar-refractivity contribution in [1.29, 1.82) is 0 Å². The summed E-state index contributed by atoms with van der Waals surface area (Å²) in [5.41, 5.74) is 4.47. The van der Waals surface area contributed by atoms with Crippen LogP contribution in [0, 0.1) is 5.92 Å². The average molecular weight is 774 g/mol. The molecule has 0 amide bonds. The molecule has 2 N–H and O–H groups in total. The number of carbonyl (C=O) groups is 1. The van der Waals surface area contributed by atoms with E-state index < -0.39 is 22.7 Å². The van der Waals surface area contributed by atoms with Crippen LogP contribution in [0.5, 0.6) is 0 Å². The lowest BCUT2D eigenvalue weighted by atomic mass is 10.1.